The van der Waals surface area contributed by atoms with Gasteiger partial charge in [-0.25, -0.2) is 18.5 Å². The van der Waals surface area contributed by atoms with E-state index in [2.05, 4.69) is 37.4 Å². The lowest BCUT2D eigenvalue weighted by atomic mass is 9.83. The van der Waals surface area contributed by atoms with Gasteiger partial charge >= 0.3 is 0 Å². The van der Waals surface area contributed by atoms with Gasteiger partial charge < -0.3 is 0 Å². The van der Waals surface area contributed by atoms with Gasteiger partial charge in [0.15, 0.2) is 5.01 Å². The summed E-state index contributed by atoms with van der Waals surface area (Å²) in [6.07, 6.45) is 3.60. The van der Waals surface area contributed by atoms with E-state index in [0.717, 1.165) is 5.69 Å². The molecule has 0 unspecified atom stereocenters. The highest BCUT2D eigenvalue weighted by atomic mass is 32.2. The first-order valence-corrected chi connectivity index (χ1v) is 10.3. The average Bonchev–Trinajstić information content (AvgIpc) is 3.22. The van der Waals surface area contributed by atoms with Crippen LogP contribution in [0.4, 0.5) is 0 Å². The number of thiazole rings is 1. The highest BCUT2D eigenvalue weighted by molar-refractivity contribution is 7.89. The monoisotopic (exact) mass is 386 g/mol. The van der Waals surface area contributed by atoms with Crippen molar-refractivity contribution in [2.45, 2.75) is 30.1 Å². The van der Waals surface area contributed by atoms with E-state index in [1.165, 1.54) is 42.7 Å². The number of H-pyrrole nitrogens is 1. The predicted molar refractivity (Wildman–Crippen MR) is 95.7 cm³/mol. The Kier molecular flexibility index (Phi) is 4.28. The van der Waals surface area contributed by atoms with Crippen molar-refractivity contribution in [2.75, 3.05) is 0 Å². The minimum atomic E-state index is -3.84. The molecule has 2 heterocycles. The Morgan fingerprint density at radius 1 is 1.27 bits per heavy atom. The van der Waals surface area contributed by atoms with Crippen molar-refractivity contribution in [3.05, 3.63) is 39.8 Å². The third-order valence-corrected chi connectivity index (χ3v) is 5.94. The fraction of sp³-hybridized carbons (Fsp3) is 0.250. The van der Waals surface area contributed by atoms with E-state index < -0.39 is 10.0 Å². The SMILES string of the molecule is NS(=O)(=O)c1ccc(-c2nn[nH]n2)c(C#Cc2nc(C3CCC3)cs2)c1. The molecule has 132 valence electrons. The Hall–Kier alpha value is -2.61. The molecule has 3 aromatic rings. The normalized spacial score (nSPS) is 14.5. The van der Waals surface area contributed by atoms with E-state index >= 15 is 0 Å². The first kappa shape index (κ1) is 16.8. The van der Waals surface area contributed by atoms with E-state index in [-0.39, 0.29) is 4.90 Å². The van der Waals surface area contributed by atoms with Gasteiger partial charge in [-0.1, -0.05) is 12.3 Å². The zero-order valence-electron chi connectivity index (χ0n) is 13.5. The maximum Gasteiger partial charge on any atom is 0.238 e. The summed E-state index contributed by atoms with van der Waals surface area (Å²) in [6, 6.07) is 4.37. The van der Waals surface area contributed by atoms with Crippen LogP contribution in [0.25, 0.3) is 11.4 Å². The number of aromatic amines is 1. The molecular weight excluding hydrogens is 372 g/mol. The van der Waals surface area contributed by atoms with Crippen LogP contribution < -0.4 is 5.14 Å². The molecule has 0 saturated heterocycles. The Bertz CT molecular complexity index is 1110. The van der Waals surface area contributed by atoms with Crippen LogP contribution in [0.15, 0.2) is 28.5 Å². The lowest BCUT2D eigenvalue weighted by Gasteiger charge is -2.22. The van der Waals surface area contributed by atoms with Crippen molar-refractivity contribution in [1.29, 1.82) is 0 Å². The van der Waals surface area contributed by atoms with Crippen molar-refractivity contribution in [2.24, 2.45) is 5.14 Å². The molecule has 1 aliphatic rings. The van der Waals surface area contributed by atoms with E-state index in [4.69, 9.17) is 5.14 Å². The molecule has 1 aromatic carbocycles. The summed E-state index contributed by atoms with van der Waals surface area (Å²) in [5.74, 6) is 6.84. The standard InChI is InChI=1S/C16H14N6O2S2/c17-26(23,24)12-5-6-13(16-19-21-22-20-16)11(8-12)4-7-15-18-14(9-25-15)10-2-1-3-10/h5-6,8-10H,1-3H2,(H2,17,23,24)(H,19,20,21,22). The molecule has 0 spiro atoms. The number of nitrogens with one attached hydrogen (secondary N) is 1. The molecule has 1 aliphatic carbocycles. The molecule has 0 atom stereocenters. The third kappa shape index (κ3) is 3.37. The summed E-state index contributed by atoms with van der Waals surface area (Å²) >= 11 is 1.48. The number of hydrogen-bond donors (Lipinski definition) is 2. The zero-order valence-corrected chi connectivity index (χ0v) is 15.1. The van der Waals surface area contributed by atoms with Crippen LogP contribution in [0.3, 0.4) is 0 Å². The topological polar surface area (TPSA) is 128 Å². The number of hydrogen-bond acceptors (Lipinski definition) is 7. The number of benzene rings is 1. The Labute approximate surface area is 153 Å². The molecule has 4 rings (SSSR count). The quantitative estimate of drug-likeness (QED) is 0.659. The van der Waals surface area contributed by atoms with Crippen LogP contribution >= 0.6 is 11.3 Å². The van der Waals surface area contributed by atoms with Gasteiger partial charge in [-0.05, 0) is 42.2 Å². The number of rotatable bonds is 3. The number of primary sulfonamides is 1. The maximum absolute atomic E-state index is 11.6. The number of nitrogens with zero attached hydrogens (tertiary/aromatic N) is 4. The molecule has 3 N–H and O–H groups in total. The van der Waals surface area contributed by atoms with E-state index in [9.17, 15) is 8.42 Å². The number of nitrogens with two attached hydrogens (primary N) is 1. The van der Waals surface area contributed by atoms with Crippen molar-refractivity contribution in [3.63, 3.8) is 0 Å². The van der Waals surface area contributed by atoms with Gasteiger partial charge in [0.25, 0.3) is 0 Å². The van der Waals surface area contributed by atoms with Crippen molar-refractivity contribution < 1.29 is 8.42 Å². The van der Waals surface area contributed by atoms with Gasteiger partial charge in [0.2, 0.25) is 15.8 Å². The van der Waals surface area contributed by atoms with Gasteiger partial charge in [0.05, 0.1) is 10.6 Å². The lowest BCUT2D eigenvalue weighted by molar-refractivity contribution is 0.412. The molecule has 8 nitrogen and oxygen atoms in total. The Morgan fingerprint density at radius 3 is 2.77 bits per heavy atom. The highest BCUT2D eigenvalue weighted by Gasteiger charge is 2.21. The summed E-state index contributed by atoms with van der Waals surface area (Å²) in [6.45, 7) is 0. The second kappa shape index (κ2) is 6.60. The van der Waals surface area contributed by atoms with E-state index in [1.807, 2.05) is 5.38 Å². The van der Waals surface area contributed by atoms with Crippen molar-refractivity contribution in [1.82, 2.24) is 25.6 Å². The Balaban J connectivity index is 1.73. The first-order chi connectivity index (χ1) is 12.5. The van der Waals surface area contributed by atoms with E-state index in [1.54, 1.807) is 6.07 Å². The molecule has 0 amide bonds. The zero-order chi connectivity index (χ0) is 18.1. The van der Waals surface area contributed by atoms with Crippen molar-refractivity contribution in [3.8, 4) is 23.2 Å². The highest BCUT2D eigenvalue weighted by Crippen LogP contribution is 2.36. The minimum absolute atomic E-state index is 0.0247. The number of tetrazole rings is 1. The summed E-state index contributed by atoms with van der Waals surface area (Å²) in [5.41, 5.74) is 2.09. The Morgan fingerprint density at radius 2 is 2.12 bits per heavy atom. The van der Waals surface area contributed by atoms with Crippen LogP contribution in [0.5, 0.6) is 0 Å². The minimum Gasteiger partial charge on any atom is -0.232 e. The fourth-order valence-corrected chi connectivity index (χ4v) is 3.92. The van der Waals surface area contributed by atoms with E-state index in [0.29, 0.717) is 27.9 Å². The molecule has 0 aliphatic heterocycles. The van der Waals surface area contributed by atoms with Crippen LogP contribution in [-0.2, 0) is 10.0 Å². The van der Waals surface area contributed by atoms with Crippen LogP contribution in [-0.4, -0.2) is 34.0 Å². The summed E-state index contributed by atoms with van der Waals surface area (Å²) in [4.78, 5) is 4.54. The average molecular weight is 386 g/mol. The lowest BCUT2D eigenvalue weighted by Crippen LogP contribution is -2.12. The summed E-state index contributed by atoms with van der Waals surface area (Å²) in [7, 11) is -3.84. The third-order valence-electron chi connectivity index (χ3n) is 4.26. The van der Waals surface area contributed by atoms with Gasteiger partial charge in [0.1, 0.15) is 0 Å². The van der Waals surface area contributed by atoms with Gasteiger partial charge in [0, 0.05) is 22.4 Å². The summed E-state index contributed by atoms with van der Waals surface area (Å²) < 4.78 is 23.3. The molecule has 2 aromatic heterocycles. The molecule has 1 saturated carbocycles. The molecule has 0 bridgehead atoms. The van der Waals surface area contributed by atoms with Crippen LogP contribution in [0.2, 0.25) is 0 Å². The molecule has 0 radical (unpaired) electrons. The fourth-order valence-electron chi connectivity index (χ4n) is 2.63. The number of sulfonamides is 1. The second-order valence-electron chi connectivity index (χ2n) is 5.94. The predicted octanol–water partition coefficient (Wildman–Crippen LogP) is 1.64. The van der Waals surface area contributed by atoms with Gasteiger partial charge in [-0.3, -0.25) is 0 Å². The van der Waals surface area contributed by atoms with Gasteiger partial charge in [-0.15, -0.1) is 21.5 Å². The van der Waals surface area contributed by atoms with Crippen LogP contribution in [0.1, 0.15) is 41.4 Å². The number of aromatic nitrogens is 5. The largest absolute Gasteiger partial charge is 0.238 e. The molecular formula is C16H14N6O2S2. The van der Waals surface area contributed by atoms with Crippen LogP contribution in [0, 0.1) is 11.8 Å². The molecule has 26 heavy (non-hydrogen) atoms. The van der Waals surface area contributed by atoms with Crippen molar-refractivity contribution >= 4 is 21.4 Å². The summed E-state index contributed by atoms with van der Waals surface area (Å²) in [5, 5.41) is 21.7. The second-order valence-corrected chi connectivity index (χ2v) is 8.36. The first-order valence-electron chi connectivity index (χ1n) is 7.89. The smallest absolute Gasteiger partial charge is 0.232 e. The molecule has 1 fully saturated rings. The van der Waals surface area contributed by atoms with Gasteiger partial charge in [-0.2, -0.15) is 5.21 Å². The molecule has 10 heteroatoms. The maximum atomic E-state index is 11.6.